The van der Waals surface area contributed by atoms with E-state index in [-0.39, 0.29) is 11.6 Å². The average molecular weight is 298 g/mol. The summed E-state index contributed by atoms with van der Waals surface area (Å²) in [7, 11) is 1.61. The third-order valence-electron chi connectivity index (χ3n) is 2.76. The molecule has 1 rings (SSSR count). The molecule has 0 heterocycles. The zero-order valence-electron chi connectivity index (χ0n) is 12.9. The topological polar surface area (TPSA) is 30.5 Å². The van der Waals surface area contributed by atoms with Crippen molar-refractivity contribution in [3.63, 3.8) is 0 Å². The van der Waals surface area contributed by atoms with Crippen molar-refractivity contribution in [2.75, 3.05) is 7.11 Å². The van der Waals surface area contributed by atoms with Crippen LogP contribution in [-0.2, 0) is 6.54 Å². The van der Waals surface area contributed by atoms with Gasteiger partial charge in [0.15, 0.2) is 11.5 Å². The van der Waals surface area contributed by atoms with Crippen LogP contribution in [0.5, 0.6) is 11.5 Å². The molecule has 0 aromatic heterocycles. The van der Waals surface area contributed by atoms with Gasteiger partial charge in [-0.25, -0.2) is 0 Å². The first-order valence-corrected chi connectivity index (χ1v) is 7.05. The van der Waals surface area contributed by atoms with Gasteiger partial charge in [0.2, 0.25) is 0 Å². The van der Waals surface area contributed by atoms with E-state index in [0.29, 0.717) is 23.1 Å². The van der Waals surface area contributed by atoms with Crippen LogP contribution in [0.25, 0.3) is 0 Å². The summed E-state index contributed by atoms with van der Waals surface area (Å²) in [5.74, 6) is 1.35. The molecule has 0 aliphatic rings. The minimum atomic E-state index is -0.0986. The Balaban J connectivity index is 3.11. The van der Waals surface area contributed by atoms with Gasteiger partial charge >= 0.3 is 0 Å². The van der Waals surface area contributed by atoms with Crippen LogP contribution in [-0.4, -0.2) is 18.8 Å². The van der Waals surface area contributed by atoms with Gasteiger partial charge in [0, 0.05) is 28.7 Å². The second-order valence-corrected chi connectivity index (χ2v) is 6.19. The fourth-order valence-corrected chi connectivity index (χ4v) is 1.86. The molecule has 0 saturated heterocycles. The van der Waals surface area contributed by atoms with E-state index in [4.69, 9.17) is 21.1 Å². The van der Waals surface area contributed by atoms with Crippen molar-refractivity contribution in [2.45, 2.75) is 45.9 Å². The molecule has 1 atom stereocenters. The molecule has 0 fully saturated rings. The van der Waals surface area contributed by atoms with Crippen molar-refractivity contribution in [3.8, 4) is 11.5 Å². The lowest BCUT2D eigenvalue weighted by Crippen LogP contribution is -2.35. The zero-order valence-corrected chi connectivity index (χ0v) is 13.7. The van der Waals surface area contributed by atoms with Gasteiger partial charge in [0.25, 0.3) is 0 Å². The summed E-state index contributed by atoms with van der Waals surface area (Å²) in [6.07, 6.45) is 1.65. The molecule has 4 heteroatoms. The molecule has 0 bridgehead atoms. The van der Waals surface area contributed by atoms with E-state index in [1.807, 2.05) is 13.0 Å². The van der Waals surface area contributed by atoms with E-state index < -0.39 is 0 Å². The molecule has 0 spiro atoms. The highest BCUT2D eigenvalue weighted by atomic mass is 35.5. The lowest BCUT2D eigenvalue weighted by molar-refractivity contribution is 0.250. The van der Waals surface area contributed by atoms with E-state index in [9.17, 15) is 0 Å². The number of hydrogen-bond donors (Lipinski definition) is 1. The summed E-state index contributed by atoms with van der Waals surface area (Å²) >= 11 is 6.14. The quantitative estimate of drug-likeness (QED) is 0.799. The van der Waals surface area contributed by atoms with Crippen LogP contribution in [0.2, 0.25) is 5.02 Å². The zero-order chi connectivity index (χ0) is 15.3. The third kappa shape index (κ3) is 5.06. The van der Waals surface area contributed by atoms with Gasteiger partial charge in [-0.15, -0.1) is 0 Å². The Morgan fingerprint density at radius 2 is 2.05 bits per heavy atom. The van der Waals surface area contributed by atoms with Crippen molar-refractivity contribution < 1.29 is 9.47 Å². The van der Waals surface area contributed by atoms with Gasteiger partial charge in [-0.1, -0.05) is 24.3 Å². The van der Waals surface area contributed by atoms with Crippen molar-refractivity contribution in [2.24, 2.45) is 0 Å². The van der Waals surface area contributed by atoms with Crippen LogP contribution in [0.15, 0.2) is 24.8 Å². The Hall–Kier alpha value is -1.19. The maximum atomic E-state index is 6.14. The maximum absolute atomic E-state index is 6.14. The van der Waals surface area contributed by atoms with Crippen molar-refractivity contribution in [1.29, 1.82) is 0 Å². The van der Waals surface area contributed by atoms with Gasteiger partial charge in [0.05, 0.1) is 7.11 Å². The highest BCUT2D eigenvalue weighted by Crippen LogP contribution is 2.35. The first kappa shape index (κ1) is 16.9. The molecular formula is C16H24ClNO2. The molecule has 0 amide bonds. The van der Waals surface area contributed by atoms with Crippen LogP contribution < -0.4 is 14.8 Å². The van der Waals surface area contributed by atoms with Crippen LogP contribution in [0.4, 0.5) is 0 Å². The Morgan fingerprint density at radius 1 is 1.40 bits per heavy atom. The van der Waals surface area contributed by atoms with Gasteiger partial charge < -0.3 is 14.8 Å². The number of rotatable bonds is 6. The number of methoxy groups -OCH3 is 1. The highest BCUT2D eigenvalue weighted by Gasteiger charge is 2.17. The summed E-state index contributed by atoms with van der Waals surface area (Å²) < 4.78 is 11.3. The molecule has 112 valence electrons. The summed E-state index contributed by atoms with van der Waals surface area (Å²) in [6, 6.07) is 3.65. The standard InChI is InChI=1S/C16H24ClNO2/c1-7-11(2)20-15-12(10-18-16(3,4)5)8-13(17)9-14(15)19-6/h7-9,11,18H,1,10H2,2-6H3. The predicted molar refractivity (Wildman–Crippen MR) is 84.9 cm³/mol. The van der Waals surface area contributed by atoms with E-state index in [1.54, 1.807) is 19.3 Å². The molecular weight excluding hydrogens is 274 g/mol. The number of hydrogen-bond acceptors (Lipinski definition) is 3. The Bertz CT molecular complexity index is 466. The smallest absolute Gasteiger partial charge is 0.166 e. The molecule has 20 heavy (non-hydrogen) atoms. The maximum Gasteiger partial charge on any atom is 0.166 e. The van der Waals surface area contributed by atoms with Crippen LogP contribution in [0, 0.1) is 0 Å². The minimum Gasteiger partial charge on any atom is -0.493 e. The fraction of sp³-hybridized carbons (Fsp3) is 0.500. The summed E-state index contributed by atoms with van der Waals surface area (Å²) in [6.45, 7) is 12.7. The second-order valence-electron chi connectivity index (χ2n) is 5.76. The highest BCUT2D eigenvalue weighted by molar-refractivity contribution is 6.30. The van der Waals surface area contributed by atoms with Crippen LogP contribution in [0.1, 0.15) is 33.3 Å². The predicted octanol–water partition coefficient (Wildman–Crippen LogP) is 4.19. The summed E-state index contributed by atoms with van der Waals surface area (Å²) in [5.41, 5.74) is 0.981. The largest absolute Gasteiger partial charge is 0.493 e. The molecule has 1 aromatic carbocycles. The van der Waals surface area contributed by atoms with E-state index in [1.165, 1.54) is 0 Å². The number of ether oxygens (including phenoxy) is 2. The molecule has 0 saturated carbocycles. The lowest BCUT2D eigenvalue weighted by atomic mass is 10.1. The molecule has 0 radical (unpaired) electrons. The SMILES string of the molecule is C=CC(C)Oc1c(CNC(C)(C)C)cc(Cl)cc1OC. The number of nitrogens with one attached hydrogen (secondary N) is 1. The summed E-state index contributed by atoms with van der Waals surface area (Å²) in [4.78, 5) is 0. The van der Waals surface area contributed by atoms with Crippen molar-refractivity contribution >= 4 is 11.6 Å². The Morgan fingerprint density at radius 3 is 2.55 bits per heavy atom. The molecule has 0 aliphatic heterocycles. The van der Waals surface area contributed by atoms with Gasteiger partial charge in [-0.2, -0.15) is 0 Å². The number of benzene rings is 1. The van der Waals surface area contributed by atoms with Crippen molar-refractivity contribution in [3.05, 3.63) is 35.4 Å². The molecule has 0 aliphatic carbocycles. The van der Waals surface area contributed by atoms with Crippen LogP contribution >= 0.6 is 11.6 Å². The lowest BCUT2D eigenvalue weighted by Gasteiger charge is -2.23. The molecule has 1 unspecified atom stereocenters. The minimum absolute atomic E-state index is 0.0108. The van der Waals surface area contributed by atoms with Gasteiger partial charge in [-0.3, -0.25) is 0 Å². The van der Waals surface area contributed by atoms with Gasteiger partial charge in [-0.05, 0) is 33.8 Å². The normalized spacial score (nSPS) is 12.9. The fourth-order valence-electron chi connectivity index (χ4n) is 1.63. The Kier molecular flexibility index (Phi) is 5.90. The Labute approximate surface area is 126 Å². The second kappa shape index (κ2) is 7.00. The van der Waals surface area contributed by atoms with Gasteiger partial charge in [0.1, 0.15) is 6.10 Å². The number of halogens is 1. The van der Waals surface area contributed by atoms with E-state index in [0.717, 1.165) is 5.56 Å². The molecule has 1 aromatic rings. The van der Waals surface area contributed by atoms with Crippen molar-refractivity contribution in [1.82, 2.24) is 5.32 Å². The first-order chi connectivity index (χ1) is 9.26. The van der Waals surface area contributed by atoms with E-state index >= 15 is 0 Å². The summed E-state index contributed by atoms with van der Waals surface area (Å²) in [5, 5.41) is 4.06. The monoisotopic (exact) mass is 297 g/mol. The molecule has 1 N–H and O–H groups in total. The molecule has 3 nitrogen and oxygen atoms in total. The average Bonchev–Trinajstić information content (AvgIpc) is 2.37. The first-order valence-electron chi connectivity index (χ1n) is 6.67. The van der Waals surface area contributed by atoms with E-state index in [2.05, 4.69) is 32.7 Å². The third-order valence-corrected chi connectivity index (χ3v) is 2.98. The van der Waals surface area contributed by atoms with Crippen LogP contribution in [0.3, 0.4) is 0 Å².